The first-order valence-electron chi connectivity index (χ1n) is 22.1. The van der Waals surface area contributed by atoms with Crippen molar-refractivity contribution in [3.63, 3.8) is 0 Å². The third-order valence-electron chi connectivity index (χ3n) is 10.7. The Morgan fingerprint density at radius 3 is 1.72 bits per heavy atom. The molecule has 0 aliphatic carbocycles. The van der Waals surface area contributed by atoms with E-state index in [2.05, 4.69) is 32.2 Å². The minimum Gasteiger partial charge on any atom is -0.394 e. The molecular formula is C44H83NO9. The van der Waals surface area contributed by atoms with Crippen molar-refractivity contribution in [2.75, 3.05) is 13.2 Å². The second kappa shape index (κ2) is 33.7. The van der Waals surface area contributed by atoms with Gasteiger partial charge in [0.1, 0.15) is 30.5 Å². The number of hydrogen-bond acceptors (Lipinski definition) is 9. The lowest BCUT2D eigenvalue weighted by Gasteiger charge is -2.40. The maximum Gasteiger partial charge on any atom is 0.249 e. The fraction of sp³-hybridized carbons (Fsp3) is 0.886. The summed E-state index contributed by atoms with van der Waals surface area (Å²) in [6, 6.07) is -0.994. The van der Waals surface area contributed by atoms with Crippen LogP contribution in [0.15, 0.2) is 23.8 Å². The Hall–Kier alpha value is -1.37. The van der Waals surface area contributed by atoms with Gasteiger partial charge in [-0.15, -0.1) is 0 Å². The molecular weight excluding hydrogens is 686 g/mol. The molecule has 1 saturated heterocycles. The third-order valence-corrected chi connectivity index (χ3v) is 10.7. The smallest absolute Gasteiger partial charge is 0.249 e. The summed E-state index contributed by atoms with van der Waals surface area (Å²) in [7, 11) is 0. The van der Waals surface area contributed by atoms with Crippen LogP contribution >= 0.6 is 0 Å². The van der Waals surface area contributed by atoms with Gasteiger partial charge >= 0.3 is 0 Å². The van der Waals surface area contributed by atoms with Crippen LogP contribution in [-0.4, -0.2) is 98.7 Å². The van der Waals surface area contributed by atoms with Crippen LogP contribution in [0.4, 0.5) is 0 Å². The number of nitrogens with one attached hydrogen (secondary N) is 1. The van der Waals surface area contributed by atoms with Crippen molar-refractivity contribution in [3.05, 3.63) is 23.8 Å². The highest BCUT2D eigenvalue weighted by Crippen LogP contribution is 2.23. The van der Waals surface area contributed by atoms with E-state index in [9.17, 15) is 35.4 Å². The standard InChI is InChI=1S/C44H83NO9/c1-4-6-8-10-12-13-14-15-16-17-18-19-21-23-27-32-38(48)43(52)45-36(34-53-44-42(51)41(50)40(49)39(33-46)54-44)37(47)31-28-24-26-30-35(3)29-25-22-20-11-9-7-5-2/h28,30-31,36-42,44,46-51H,4-27,29,32-34H2,1-3H3,(H,45,52)/b31-28+,35-30+/t36-,37+,38+,39?,40+,41?,42?,44+/m0/s1. The third kappa shape index (κ3) is 24.3. The normalized spacial score (nSPS) is 22.5. The summed E-state index contributed by atoms with van der Waals surface area (Å²) in [6.45, 7) is 5.72. The molecule has 1 aliphatic rings. The molecule has 3 unspecified atom stereocenters. The molecule has 54 heavy (non-hydrogen) atoms. The highest BCUT2D eigenvalue weighted by molar-refractivity contribution is 5.80. The van der Waals surface area contributed by atoms with Crippen molar-refractivity contribution in [2.45, 2.75) is 237 Å². The minimum atomic E-state index is -1.61. The Morgan fingerprint density at radius 1 is 0.704 bits per heavy atom. The fourth-order valence-corrected chi connectivity index (χ4v) is 7.01. The van der Waals surface area contributed by atoms with E-state index >= 15 is 0 Å². The second-order valence-electron chi connectivity index (χ2n) is 15.8. The first kappa shape index (κ1) is 50.6. The Labute approximate surface area is 329 Å². The van der Waals surface area contributed by atoms with Crippen molar-refractivity contribution in [1.82, 2.24) is 5.32 Å². The zero-order valence-electron chi connectivity index (χ0n) is 34.6. The zero-order valence-corrected chi connectivity index (χ0v) is 34.6. The first-order chi connectivity index (χ1) is 26.2. The van der Waals surface area contributed by atoms with E-state index in [1.165, 1.54) is 121 Å². The Bertz CT molecular complexity index is 945. The highest BCUT2D eigenvalue weighted by atomic mass is 16.7. The van der Waals surface area contributed by atoms with Crippen LogP contribution < -0.4 is 5.32 Å². The van der Waals surface area contributed by atoms with Gasteiger partial charge in [0.05, 0.1) is 25.4 Å². The summed E-state index contributed by atoms with van der Waals surface area (Å²) < 4.78 is 11.1. The van der Waals surface area contributed by atoms with E-state index in [1.54, 1.807) is 6.08 Å². The number of aliphatic hydroxyl groups excluding tert-OH is 6. The van der Waals surface area contributed by atoms with E-state index < -0.39 is 61.5 Å². The van der Waals surface area contributed by atoms with Crippen LogP contribution in [0.25, 0.3) is 0 Å². The SMILES string of the molecule is CCCCCCCCCCCCCCCCC[C@@H](O)C(=O)N[C@@H](CO[C@@H]1OC(CO)[C@@H](O)C(O)C1O)[C@H](O)/C=C/CC/C=C(\C)CCCCCCCCC. The van der Waals surface area contributed by atoms with E-state index in [-0.39, 0.29) is 6.61 Å². The molecule has 0 aromatic carbocycles. The van der Waals surface area contributed by atoms with E-state index in [0.717, 1.165) is 32.1 Å². The number of carbonyl (C=O) groups is 1. The average molecular weight is 770 g/mol. The average Bonchev–Trinajstić information content (AvgIpc) is 3.16. The number of amides is 1. The van der Waals surface area contributed by atoms with Gasteiger partial charge in [0.2, 0.25) is 5.91 Å². The second-order valence-corrected chi connectivity index (χ2v) is 15.8. The molecule has 0 bridgehead atoms. The molecule has 7 N–H and O–H groups in total. The topological polar surface area (TPSA) is 169 Å². The molecule has 1 rings (SSSR count). The van der Waals surface area contributed by atoms with Crippen molar-refractivity contribution in [3.8, 4) is 0 Å². The molecule has 318 valence electrons. The summed E-state index contributed by atoms with van der Waals surface area (Å²) in [5.41, 5.74) is 1.36. The van der Waals surface area contributed by atoms with Crippen LogP contribution in [0, 0.1) is 0 Å². The monoisotopic (exact) mass is 770 g/mol. The number of hydrogen-bond donors (Lipinski definition) is 7. The molecule has 0 saturated carbocycles. The number of rotatable bonds is 35. The minimum absolute atomic E-state index is 0.306. The summed E-state index contributed by atoms with van der Waals surface area (Å²) in [6.07, 6.45) is 26.3. The molecule has 1 heterocycles. The molecule has 0 radical (unpaired) electrons. The molecule has 0 spiro atoms. The quantitative estimate of drug-likeness (QED) is 0.0252. The Morgan fingerprint density at radius 2 is 1.20 bits per heavy atom. The Kier molecular flexibility index (Phi) is 31.6. The summed E-state index contributed by atoms with van der Waals surface area (Å²) in [5.74, 6) is -0.626. The van der Waals surface area contributed by atoms with Crippen molar-refractivity contribution < 1.29 is 44.9 Å². The lowest BCUT2D eigenvalue weighted by Crippen LogP contribution is -2.60. The van der Waals surface area contributed by atoms with Crippen LogP contribution in [0.5, 0.6) is 0 Å². The number of carbonyl (C=O) groups excluding carboxylic acids is 1. The predicted molar refractivity (Wildman–Crippen MR) is 218 cm³/mol. The van der Waals surface area contributed by atoms with Gasteiger partial charge in [-0.3, -0.25) is 4.79 Å². The maximum absolute atomic E-state index is 13.0. The van der Waals surface area contributed by atoms with Gasteiger partial charge in [-0.1, -0.05) is 172 Å². The van der Waals surface area contributed by atoms with Gasteiger partial charge in [0, 0.05) is 0 Å². The van der Waals surface area contributed by atoms with Crippen molar-refractivity contribution in [2.24, 2.45) is 0 Å². The number of allylic oxidation sites excluding steroid dienone is 3. The summed E-state index contributed by atoms with van der Waals surface area (Å²) in [4.78, 5) is 13.0. The lowest BCUT2D eigenvalue weighted by molar-refractivity contribution is -0.302. The van der Waals surface area contributed by atoms with Gasteiger partial charge in [0.25, 0.3) is 0 Å². The van der Waals surface area contributed by atoms with Crippen molar-refractivity contribution >= 4 is 5.91 Å². The van der Waals surface area contributed by atoms with Crippen LogP contribution in [-0.2, 0) is 14.3 Å². The van der Waals surface area contributed by atoms with Crippen molar-refractivity contribution in [1.29, 1.82) is 0 Å². The highest BCUT2D eigenvalue weighted by Gasteiger charge is 2.44. The molecule has 1 fully saturated rings. The van der Waals surface area contributed by atoms with Gasteiger partial charge in [0.15, 0.2) is 6.29 Å². The molecule has 0 aromatic rings. The van der Waals surface area contributed by atoms with E-state index in [4.69, 9.17) is 9.47 Å². The molecule has 8 atom stereocenters. The molecule has 1 amide bonds. The molecule has 10 nitrogen and oxygen atoms in total. The first-order valence-corrected chi connectivity index (χ1v) is 22.1. The molecule has 0 aromatic heterocycles. The maximum atomic E-state index is 13.0. The van der Waals surface area contributed by atoms with E-state index in [0.29, 0.717) is 19.3 Å². The number of ether oxygens (including phenoxy) is 2. The van der Waals surface area contributed by atoms with Gasteiger partial charge in [-0.05, 0) is 39.0 Å². The molecule has 1 aliphatic heterocycles. The van der Waals surface area contributed by atoms with Crippen LogP contribution in [0.2, 0.25) is 0 Å². The van der Waals surface area contributed by atoms with E-state index in [1.807, 2.05) is 6.08 Å². The largest absolute Gasteiger partial charge is 0.394 e. The molecule has 10 heteroatoms. The lowest BCUT2D eigenvalue weighted by atomic mass is 9.99. The van der Waals surface area contributed by atoms with Gasteiger partial charge < -0.3 is 45.4 Å². The van der Waals surface area contributed by atoms with Crippen LogP contribution in [0.3, 0.4) is 0 Å². The Balaban J connectivity index is 2.52. The van der Waals surface area contributed by atoms with Crippen LogP contribution in [0.1, 0.15) is 188 Å². The zero-order chi connectivity index (χ0) is 39.8. The van der Waals surface area contributed by atoms with Gasteiger partial charge in [-0.25, -0.2) is 0 Å². The van der Waals surface area contributed by atoms with Gasteiger partial charge in [-0.2, -0.15) is 0 Å². The predicted octanol–water partition coefficient (Wildman–Crippen LogP) is 7.69. The number of aliphatic hydroxyl groups is 6. The summed E-state index contributed by atoms with van der Waals surface area (Å²) in [5, 5.41) is 64.6. The summed E-state index contributed by atoms with van der Waals surface area (Å²) >= 11 is 0. The number of unbranched alkanes of at least 4 members (excludes halogenated alkanes) is 21. The fourth-order valence-electron chi connectivity index (χ4n) is 7.01.